The number of nitrogens with zero attached hydrogens (tertiary/aromatic N) is 1. The third-order valence-corrected chi connectivity index (χ3v) is 5.80. The molecule has 0 saturated heterocycles. The Labute approximate surface area is 188 Å². The fourth-order valence-corrected chi connectivity index (χ4v) is 4.17. The fraction of sp³-hybridized carbons (Fsp3) is 0.400. The monoisotopic (exact) mass is 438 g/mol. The molecular weight excluding hydrogens is 408 g/mol. The number of amides is 2. The van der Waals surface area contributed by atoms with E-state index in [4.69, 9.17) is 9.84 Å². The first kappa shape index (κ1) is 23.3. The van der Waals surface area contributed by atoms with Gasteiger partial charge < -0.3 is 20.1 Å². The van der Waals surface area contributed by atoms with Gasteiger partial charge in [0.1, 0.15) is 13.2 Å². The van der Waals surface area contributed by atoms with Crippen LogP contribution in [0, 0.1) is 0 Å². The number of carboxylic acids is 1. The smallest absolute Gasteiger partial charge is 0.407 e. The molecule has 1 aliphatic rings. The largest absolute Gasteiger partial charge is 0.480 e. The third-order valence-electron chi connectivity index (χ3n) is 5.80. The predicted molar refractivity (Wildman–Crippen MR) is 121 cm³/mol. The second-order valence-corrected chi connectivity index (χ2v) is 8.06. The molecule has 32 heavy (non-hydrogen) atoms. The highest BCUT2D eigenvalue weighted by atomic mass is 16.5. The summed E-state index contributed by atoms with van der Waals surface area (Å²) < 4.78 is 5.55. The number of nitrogens with one attached hydrogen (secondary N) is 1. The van der Waals surface area contributed by atoms with E-state index >= 15 is 0 Å². The number of carbonyl (C=O) groups is 3. The van der Waals surface area contributed by atoms with Crippen molar-refractivity contribution in [1.29, 1.82) is 0 Å². The van der Waals surface area contributed by atoms with Gasteiger partial charge in [-0.05, 0) is 48.9 Å². The van der Waals surface area contributed by atoms with Crippen molar-refractivity contribution in [3.63, 3.8) is 0 Å². The first-order valence-electron chi connectivity index (χ1n) is 11.0. The van der Waals surface area contributed by atoms with Gasteiger partial charge in [-0.3, -0.25) is 9.59 Å². The van der Waals surface area contributed by atoms with Gasteiger partial charge in [0.15, 0.2) is 0 Å². The van der Waals surface area contributed by atoms with E-state index in [2.05, 4.69) is 29.6 Å². The van der Waals surface area contributed by atoms with Crippen LogP contribution in [0.15, 0.2) is 48.5 Å². The minimum Gasteiger partial charge on any atom is -0.480 e. The zero-order chi connectivity index (χ0) is 23.1. The lowest BCUT2D eigenvalue weighted by Crippen LogP contribution is -2.36. The highest BCUT2D eigenvalue weighted by Crippen LogP contribution is 2.44. The van der Waals surface area contributed by atoms with Crippen molar-refractivity contribution in [2.75, 3.05) is 19.7 Å². The number of benzene rings is 2. The second-order valence-electron chi connectivity index (χ2n) is 8.06. The number of carbonyl (C=O) groups excluding carboxylic acids is 2. The molecule has 0 spiro atoms. The molecule has 0 bridgehead atoms. The lowest BCUT2D eigenvalue weighted by Gasteiger charge is -2.19. The summed E-state index contributed by atoms with van der Waals surface area (Å²) in [6, 6.07) is 16.2. The maximum absolute atomic E-state index is 12.3. The van der Waals surface area contributed by atoms with Crippen LogP contribution in [-0.2, 0) is 14.3 Å². The van der Waals surface area contributed by atoms with Gasteiger partial charge in [0.25, 0.3) is 0 Å². The predicted octanol–water partition coefficient (Wildman–Crippen LogP) is 4.02. The molecule has 2 aromatic rings. The molecular formula is C25H30N2O5. The van der Waals surface area contributed by atoms with Crippen LogP contribution in [0.2, 0.25) is 0 Å². The zero-order valence-corrected chi connectivity index (χ0v) is 18.5. The standard InChI is InChI=1S/C25H30N2O5/c1-3-27(15-24(29)30)23(28)14-8-9-17(2)26-25(31)32-16-22-20-12-6-4-10-18(20)19-11-5-7-13-21(19)22/h4-7,10-13,17,22H,3,8-9,14-16H2,1-2H3,(H,26,31)(H,29,30). The number of likely N-dealkylation sites (N-methyl/N-ethyl adjacent to an activating group) is 1. The van der Waals surface area contributed by atoms with Gasteiger partial charge >= 0.3 is 12.1 Å². The summed E-state index contributed by atoms with van der Waals surface area (Å²) in [6.45, 7) is 3.94. The van der Waals surface area contributed by atoms with Crippen LogP contribution in [0.4, 0.5) is 4.79 Å². The van der Waals surface area contributed by atoms with Crippen molar-refractivity contribution in [3.8, 4) is 11.1 Å². The average molecular weight is 439 g/mol. The highest BCUT2D eigenvalue weighted by Gasteiger charge is 2.29. The molecule has 170 valence electrons. The summed E-state index contributed by atoms with van der Waals surface area (Å²) in [5, 5.41) is 11.7. The Balaban J connectivity index is 1.45. The number of aliphatic carboxylic acids is 1. The molecule has 0 radical (unpaired) electrons. The van der Waals surface area contributed by atoms with E-state index < -0.39 is 12.1 Å². The van der Waals surface area contributed by atoms with Crippen molar-refractivity contribution in [2.24, 2.45) is 0 Å². The first-order chi connectivity index (χ1) is 15.4. The van der Waals surface area contributed by atoms with Crippen molar-refractivity contribution in [2.45, 2.75) is 45.1 Å². The molecule has 1 unspecified atom stereocenters. The normalized spacial score (nSPS) is 13.1. The van der Waals surface area contributed by atoms with Gasteiger partial charge in [-0.15, -0.1) is 0 Å². The quantitative estimate of drug-likeness (QED) is 0.584. The topological polar surface area (TPSA) is 95.9 Å². The third kappa shape index (κ3) is 5.66. The molecule has 0 fully saturated rings. The molecule has 7 nitrogen and oxygen atoms in total. The summed E-state index contributed by atoms with van der Waals surface area (Å²) in [5.74, 6) is -1.20. The maximum Gasteiger partial charge on any atom is 0.407 e. The molecule has 2 aromatic carbocycles. The van der Waals surface area contributed by atoms with Crippen LogP contribution in [0.5, 0.6) is 0 Å². The Hall–Kier alpha value is -3.35. The second kappa shape index (κ2) is 10.8. The van der Waals surface area contributed by atoms with E-state index in [1.54, 1.807) is 6.92 Å². The Morgan fingerprint density at radius 3 is 2.22 bits per heavy atom. The number of fused-ring (bicyclic) bond motifs is 3. The molecule has 1 aliphatic carbocycles. The van der Waals surface area contributed by atoms with Crippen molar-refractivity contribution in [3.05, 3.63) is 59.7 Å². The average Bonchev–Trinajstić information content (AvgIpc) is 3.09. The summed E-state index contributed by atoms with van der Waals surface area (Å²) in [6.07, 6.45) is 0.921. The van der Waals surface area contributed by atoms with Gasteiger partial charge in [-0.1, -0.05) is 48.5 Å². The first-order valence-corrected chi connectivity index (χ1v) is 11.0. The zero-order valence-electron chi connectivity index (χ0n) is 18.5. The number of hydrogen-bond acceptors (Lipinski definition) is 4. The van der Waals surface area contributed by atoms with Crippen molar-refractivity contribution >= 4 is 18.0 Å². The summed E-state index contributed by atoms with van der Waals surface area (Å²) >= 11 is 0. The van der Waals surface area contributed by atoms with Crippen LogP contribution >= 0.6 is 0 Å². The minimum absolute atomic E-state index is 0.00957. The molecule has 2 amide bonds. The molecule has 0 saturated carbocycles. The molecule has 7 heteroatoms. The summed E-state index contributed by atoms with van der Waals surface area (Å²) in [5.41, 5.74) is 4.68. The number of carboxylic acid groups (broad SMARTS) is 1. The van der Waals surface area contributed by atoms with Crippen LogP contribution < -0.4 is 5.32 Å². The van der Waals surface area contributed by atoms with Gasteiger partial charge in [0.2, 0.25) is 5.91 Å². The summed E-state index contributed by atoms with van der Waals surface area (Å²) in [7, 11) is 0. The van der Waals surface area contributed by atoms with E-state index in [1.807, 2.05) is 31.2 Å². The molecule has 0 heterocycles. The van der Waals surface area contributed by atoms with Gasteiger partial charge in [-0.2, -0.15) is 0 Å². The molecule has 2 N–H and O–H groups in total. The van der Waals surface area contributed by atoms with Crippen molar-refractivity contribution in [1.82, 2.24) is 10.2 Å². The van der Waals surface area contributed by atoms with Crippen molar-refractivity contribution < 1.29 is 24.2 Å². The lowest BCUT2D eigenvalue weighted by atomic mass is 9.98. The Bertz CT molecular complexity index is 929. The van der Waals surface area contributed by atoms with E-state index in [0.717, 1.165) is 11.1 Å². The Morgan fingerprint density at radius 1 is 1.06 bits per heavy atom. The van der Waals surface area contributed by atoms with E-state index in [-0.39, 0.29) is 37.4 Å². The Kier molecular flexibility index (Phi) is 7.87. The van der Waals surface area contributed by atoms with Crippen LogP contribution in [0.3, 0.4) is 0 Å². The molecule has 1 atom stereocenters. The number of rotatable bonds is 10. The van der Waals surface area contributed by atoms with E-state index in [0.29, 0.717) is 19.4 Å². The van der Waals surface area contributed by atoms with Crippen LogP contribution in [-0.4, -0.2) is 53.7 Å². The molecule has 0 aromatic heterocycles. The number of alkyl carbamates (subject to hydrolysis) is 1. The molecule has 0 aliphatic heterocycles. The number of hydrogen-bond donors (Lipinski definition) is 2. The fourth-order valence-electron chi connectivity index (χ4n) is 4.17. The lowest BCUT2D eigenvalue weighted by molar-refractivity contribution is -0.144. The number of ether oxygens (including phenoxy) is 1. The van der Waals surface area contributed by atoms with Gasteiger partial charge in [0.05, 0.1) is 0 Å². The maximum atomic E-state index is 12.3. The van der Waals surface area contributed by atoms with Crippen LogP contribution in [0.25, 0.3) is 11.1 Å². The van der Waals surface area contributed by atoms with E-state index in [9.17, 15) is 14.4 Å². The van der Waals surface area contributed by atoms with Gasteiger partial charge in [0, 0.05) is 24.9 Å². The molecule has 3 rings (SSSR count). The summed E-state index contributed by atoms with van der Waals surface area (Å²) in [4.78, 5) is 36.6. The van der Waals surface area contributed by atoms with Crippen LogP contribution in [0.1, 0.15) is 50.2 Å². The van der Waals surface area contributed by atoms with E-state index in [1.165, 1.54) is 16.0 Å². The Morgan fingerprint density at radius 2 is 1.66 bits per heavy atom. The SMILES string of the molecule is CCN(CC(=O)O)C(=O)CCCC(C)NC(=O)OCC1c2ccccc2-c2ccccc21. The highest BCUT2D eigenvalue weighted by molar-refractivity contribution is 5.81. The van der Waals surface area contributed by atoms with Gasteiger partial charge in [-0.25, -0.2) is 4.79 Å². The minimum atomic E-state index is -1.02.